The van der Waals surface area contributed by atoms with Crippen LogP contribution in [0.3, 0.4) is 0 Å². The van der Waals surface area contributed by atoms with Gasteiger partial charge in [0.25, 0.3) is 0 Å². The van der Waals surface area contributed by atoms with Gasteiger partial charge in [-0.2, -0.15) is 5.10 Å². The number of hydrogen-bond donors (Lipinski definition) is 2. The van der Waals surface area contributed by atoms with Crippen molar-refractivity contribution in [2.24, 2.45) is 0 Å². The second-order valence-corrected chi connectivity index (χ2v) is 9.48. The number of aromatic nitrogens is 2. The number of sulfone groups is 1. The minimum atomic E-state index is -2.98. The van der Waals surface area contributed by atoms with E-state index in [4.69, 9.17) is 0 Å². The SMILES string of the molecule is CS(=O)(=O)C1CCC(NC(=O)NCc2cccc(Cn3cccn3)c2)CC1. The molecule has 1 heterocycles. The third-order valence-corrected chi connectivity index (χ3v) is 6.65. The van der Waals surface area contributed by atoms with E-state index in [2.05, 4.69) is 21.8 Å². The second-order valence-electron chi connectivity index (χ2n) is 7.15. The summed E-state index contributed by atoms with van der Waals surface area (Å²) in [4.78, 5) is 12.1. The number of carbonyl (C=O) groups is 1. The molecule has 1 aromatic carbocycles. The third-order valence-electron chi connectivity index (χ3n) is 4.96. The lowest BCUT2D eigenvalue weighted by Crippen LogP contribution is -2.44. The van der Waals surface area contributed by atoms with E-state index in [1.807, 2.05) is 35.1 Å². The van der Waals surface area contributed by atoms with Crippen LogP contribution in [0.4, 0.5) is 4.79 Å². The van der Waals surface area contributed by atoms with Crippen LogP contribution in [-0.4, -0.2) is 41.8 Å². The minimum Gasteiger partial charge on any atom is -0.335 e. The zero-order valence-electron chi connectivity index (χ0n) is 15.5. The highest BCUT2D eigenvalue weighted by atomic mass is 32.2. The first kappa shape index (κ1) is 19.4. The van der Waals surface area contributed by atoms with Gasteiger partial charge in [-0.15, -0.1) is 0 Å². The van der Waals surface area contributed by atoms with Gasteiger partial charge in [0.15, 0.2) is 0 Å². The number of nitrogens with one attached hydrogen (secondary N) is 2. The van der Waals surface area contributed by atoms with Crippen molar-refractivity contribution in [1.82, 2.24) is 20.4 Å². The average Bonchev–Trinajstić information content (AvgIpc) is 3.13. The minimum absolute atomic E-state index is 0.0362. The molecule has 1 aliphatic rings. The average molecular weight is 391 g/mol. The maximum absolute atomic E-state index is 12.1. The molecule has 2 amide bonds. The van der Waals surface area contributed by atoms with E-state index in [0.717, 1.165) is 11.1 Å². The Morgan fingerprint density at radius 1 is 1.19 bits per heavy atom. The maximum Gasteiger partial charge on any atom is 0.315 e. The van der Waals surface area contributed by atoms with E-state index in [-0.39, 0.29) is 17.3 Å². The topological polar surface area (TPSA) is 93.1 Å². The summed E-state index contributed by atoms with van der Waals surface area (Å²) >= 11 is 0. The molecule has 0 atom stereocenters. The molecule has 0 bridgehead atoms. The number of urea groups is 1. The van der Waals surface area contributed by atoms with Gasteiger partial charge in [-0.3, -0.25) is 4.68 Å². The summed E-state index contributed by atoms with van der Waals surface area (Å²) < 4.78 is 25.0. The van der Waals surface area contributed by atoms with Crippen LogP contribution in [0.1, 0.15) is 36.8 Å². The molecule has 1 aliphatic carbocycles. The quantitative estimate of drug-likeness (QED) is 0.790. The highest BCUT2D eigenvalue weighted by Gasteiger charge is 2.28. The highest BCUT2D eigenvalue weighted by molar-refractivity contribution is 7.91. The summed E-state index contributed by atoms with van der Waals surface area (Å²) in [6.45, 7) is 1.13. The lowest BCUT2D eigenvalue weighted by molar-refractivity contribution is 0.232. The van der Waals surface area contributed by atoms with E-state index in [1.54, 1.807) is 6.20 Å². The van der Waals surface area contributed by atoms with Crippen molar-refractivity contribution < 1.29 is 13.2 Å². The molecule has 2 aromatic rings. The first-order valence-corrected chi connectivity index (χ1v) is 11.1. The van der Waals surface area contributed by atoms with Gasteiger partial charge in [0, 0.05) is 31.2 Å². The molecule has 1 saturated carbocycles. The second kappa shape index (κ2) is 8.56. The van der Waals surface area contributed by atoms with Crippen molar-refractivity contribution in [2.45, 2.75) is 50.1 Å². The van der Waals surface area contributed by atoms with Crippen LogP contribution in [0.2, 0.25) is 0 Å². The van der Waals surface area contributed by atoms with E-state index in [9.17, 15) is 13.2 Å². The third kappa shape index (κ3) is 5.82. The predicted octanol–water partition coefficient (Wildman–Crippen LogP) is 2.09. The van der Waals surface area contributed by atoms with E-state index >= 15 is 0 Å². The molecule has 7 nitrogen and oxygen atoms in total. The number of rotatable bonds is 6. The Labute approximate surface area is 160 Å². The summed E-state index contributed by atoms with van der Waals surface area (Å²) in [5, 5.41) is 9.77. The maximum atomic E-state index is 12.1. The normalized spacial score (nSPS) is 20.2. The number of benzene rings is 1. The standard InChI is InChI=1S/C19H26N4O3S/c1-27(25,26)18-8-6-17(7-9-18)22-19(24)20-13-15-4-2-5-16(12-15)14-23-11-3-10-21-23/h2-5,10-12,17-18H,6-9,13-14H2,1H3,(H2,20,22,24). The van der Waals surface area contributed by atoms with Crippen molar-refractivity contribution in [1.29, 1.82) is 0 Å². The van der Waals surface area contributed by atoms with Crippen LogP contribution >= 0.6 is 0 Å². The Hall–Kier alpha value is -2.35. The Kier molecular flexibility index (Phi) is 6.15. The smallest absolute Gasteiger partial charge is 0.315 e. The summed E-state index contributed by atoms with van der Waals surface area (Å²) in [5.41, 5.74) is 2.15. The molecular formula is C19H26N4O3S. The Morgan fingerprint density at radius 2 is 1.93 bits per heavy atom. The van der Waals surface area contributed by atoms with Gasteiger partial charge in [-0.05, 0) is 42.9 Å². The largest absolute Gasteiger partial charge is 0.335 e. The lowest BCUT2D eigenvalue weighted by Gasteiger charge is -2.28. The summed E-state index contributed by atoms with van der Waals surface area (Å²) in [6.07, 6.45) is 7.57. The van der Waals surface area contributed by atoms with Crippen LogP contribution in [0, 0.1) is 0 Å². The van der Waals surface area contributed by atoms with Gasteiger partial charge in [-0.25, -0.2) is 13.2 Å². The van der Waals surface area contributed by atoms with Gasteiger partial charge in [0.2, 0.25) is 0 Å². The zero-order chi connectivity index (χ0) is 19.3. The fourth-order valence-electron chi connectivity index (χ4n) is 3.47. The predicted molar refractivity (Wildman–Crippen MR) is 104 cm³/mol. The first-order chi connectivity index (χ1) is 12.9. The zero-order valence-corrected chi connectivity index (χ0v) is 16.3. The summed E-state index contributed by atoms with van der Waals surface area (Å²) in [5.74, 6) is 0. The summed E-state index contributed by atoms with van der Waals surface area (Å²) in [7, 11) is -2.98. The van der Waals surface area contributed by atoms with Crippen molar-refractivity contribution in [2.75, 3.05) is 6.26 Å². The van der Waals surface area contributed by atoms with Gasteiger partial charge < -0.3 is 10.6 Å². The first-order valence-electron chi connectivity index (χ1n) is 9.18. The number of nitrogens with zero attached hydrogens (tertiary/aromatic N) is 2. The molecule has 3 rings (SSSR count). The van der Waals surface area contributed by atoms with Crippen LogP contribution in [0.5, 0.6) is 0 Å². The molecule has 0 radical (unpaired) electrons. The van der Waals surface area contributed by atoms with Crippen LogP contribution < -0.4 is 10.6 Å². The molecule has 8 heteroatoms. The van der Waals surface area contributed by atoms with Crippen LogP contribution in [-0.2, 0) is 22.9 Å². The molecular weight excluding hydrogens is 364 g/mol. The van der Waals surface area contributed by atoms with Crippen LogP contribution in [0.25, 0.3) is 0 Å². The highest BCUT2D eigenvalue weighted by Crippen LogP contribution is 2.23. The van der Waals surface area contributed by atoms with E-state index in [0.29, 0.717) is 38.8 Å². The summed E-state index contributed by atoms with van der Waals surface area (Å²) in [6, 6.07) is 9.75. The molecule has 0 saturated heterocycles. The van der Waals surface area contributed by atoms with E-state index < -0.39 is 9.84 Å². The molecule has 2 N–H and O–H groups in total. The van der Waals surface area contributed by atoms with Gasteiger partial charge in [0.05, 0.1) is 11.8 Å². The molecule has 0 unspecified atom stereocenters. The van der Waals surface area contributed by atoms with Crippen molar-refractivity contribution in [3.8, 4) is 0 Å². The Bertz CT molecular complexity index is 857. The molecule has 0 aliphatic heterocycles. The van der Waals surface area contributed by atoms with Gasteiger partial charge >= 0.3 is 6.03 Å². The van der Waals surface area contributed by atoms with Gasteiger partial charge in [-0.1, -0.05) is 24.3 Å². The fraction of sp³-hybridized carbons (Fsp3) is 0.474. The van der Waals surface area contributed by atoms with Crippen molar-refractivity contribution in [3.63, 3.8) is 0 Å². The van der Waals surface area contributed by atoms with Crippen LogP contribution in [0.15, 0.2) is 42.7 Å². The molecule has 27 heavy (non-hydrogen) atoms. The molecule has 0 spiro atoms. The van der Waals surface area contributed by atoms with Crippen molar-refractivity contribution >= 4 is 15.9 Å². The Morgan fingerprint density at radius 3 is 2.59 bits per heavy atom. The molecule has 1 aromatic heterocycles. The Balaban J connectivity index is 1.44. The lowest BCUT2D eigenvalue weighted by atomic mass is 9.95. The number of carbonyl (C=O) groups excluding carboxylic acids is 1. The fourth-order valence-corrected chi connectivity index (χ4v) is 4.60. The van der Waals surface area contributed by atoms with E-state index in [1.165, 1.54) is 6.26 Å². The molecule has 146 valence electrons. The number of hydrogen-bond acceptors (Lipinski definition) is 4. The number of amides is 2. The van der Waals surface area contributed by atoms with Crippen molar-refractivity contribution in [3.05, 3.63) is 53.9 Å². The molecule has 1 fully saturated rings. The monoisotopic (exact) mass is 390 g/mol. The van der Waals surface area contributed by atoms with Gasteiger partial charge in [0.1, 0.15) is 9.84 Å².